The normalized spacial score (nSPS) is 10.0. The summed E-state index contributed by atoms with van der Waals surface area (Å²) in [6.07, 6.45) is 1.51. The van der Waals surface area contributed by atoms with Gasteiger partial charge in [0.15, 0.2) is 0 Å². The highest BCUT2D eigenvalue weighted by atomic mass is 16.5. The molecule has 0 bridgehead atoms. The maximum atomic E-state index is 11.2. The molecule has 1 amide bonds. The zero-order chi connectivity index (χ0) is 15.2. The molecule has 6 heteroatoms. The summed E-state index contributed by atoms with van der Waals surface area (Å²) in [4.78, 5) is 15.3. The second kappa shape index (κ2) is 6.71. The number of nitrogens with one attached hydrogen (secondary N) is 1. The number of anilines is 1. The number of pyridine rings is 1. The van der Waals surface area contributed by atoms with Crippen LogP contribution < -0.4 is 20.5 Å². The van der Waals surface area contributed by atoms with Crippen LogP contribution in [0.5, 0.6) is 17.4 Å². The predicted octanol–water partition coefficient (Wildman–Crippen LogP) is 2.09. The first-order chi connectivity index (χ1) is 10.1. The van der Waals surface area contributed by atoms with Crippen molar-refractivity contribution in [2.75, 3.05) is 19.0 Å². The van der Waals surface area contributed by atoms with Gasteiger partial charge in [0.2, 0.25) is 11.8 Å². The molecule has 0 radical (unpaired) electrons. The smallest absolute Gasteiger partial charge is 0.238 e. The van der Waals surface area contributed by atoms with E-state index in [1.54, 1.807) is 19.2 Å². The summed E-state index contributed by atoms with van der Waals surface area (Å²) in [5.41, 5.74) is 6.69. The minimum Gasteiger partial charge on any atom is -0.496 e. The van der Waals surface area contributed by atoms with Crippen molar-refractivity contribution in [1.82, 2.24) is 4.98 Å². The molecule has 1 aromatic carbocycles. The third kappa shape index (κ3) is 3.70. The van der Waals surface area contributed by atoms with Crippen LogP contribution in [0.25, 0.3) is 0 Å². The number of nitrogens with two attached hydrogens (primary N) is 1. The van der Waals surface area contributed by atoms with Crippen LogP contribution in [0.3, 0.4) is 0 Å². The van der Waals surface area contributed by atoms with E-state index >= 15 is 0 Å². The van der Waals surface area contributed by atoms with Gasteiger partial charge in [0.05, 0.1) is 25.5 Å². The largest absolute Gasteiger partial charge is 0.496 e. The molecule has 6 nitrogen and oxygen atoms in total. The predicted molar refractivity (Wildman–Crippen MR) is 79.7 cm³/mol. The quantitative estimate of drug-likeness (QED) is 0.879. The topological polar surface area (TPSA) is 86.5 Å². The van der Waals surface area contributed by atoms with Crippen molar-refractivity contribution in [3.63, 3.8) is 0 Å². The zero-order valence-corrected chi connectivity index (χ0v) is 11.9. The lowest BCUT2D eigenvalue weighted by Gasteiger charge is -2.11. The summed E-state index contributed by atoms with van der Waals surface area (Å²) < 4.78 is 10.9. The van der Waals surface area contributed by atoms with Gasteiger partial charge in [-0.3, -0.25) is 4.79 Å². The number of methoxy groups -OCH3 is 1. The first-order valence-electron chi connectivity index (χ1n) is 6.41. The van der Waals surface area contributed by atoms with Gasteiger partial charge in [-0.2, -0.15) is 0 Å². The average molecular weight is 287 g/mol. The highest BCUT2D eigenvalue weighted by Crippen LogP contribution is 2.30. The number of carbonyl (C=O) groups excluding carboxylic acids is 1. The molecule has 1 heterocycles. The van der Waals surface area contributed by atoms with Crippen LogP contribution in [0, 0.1) is 6.92 Å². The fraction of sp³-hybridized carbons (Fsp3) is 0.200. The van der Waals surface area contributed by atoms with E-state index in [1.807, 2.05) is 25.1 Å². The second-order valence-corrected chi connectivity index (χ2v) is 4.32. The lowest BCUT2D eigenvalue weighted by atomic mass is 10.2. The number of carbonyl (C=O) groups is 1. The molecule has 0 aliphatic rings. The second-order valence-electron chi connectivity index (χ2n) is 4.32. The zero-order valence-electron chi connectivity index (χ0n) is 11.9. The average Bonchev–Trinajstić information content (AvgIpc) is 2.51. The van der Waals surface area contributed by atoms with Gasteiger partial charge in [0.1, 0.15) is 11.5 Å². The molecule has 0 aliphatic heterocycles. The summed E-state index contributed by atoms with van der Waals surface area (Å²) in [5.74, 6) is 1.58. The minimum atomic E-state index is -0.269. The third-order valence-corrected chi connectivity index (χ3v) is 2.87. The van der Waals surface area contributed by atoms with Crippen molar-refractivity contribution in [2.45, 2.75) is 6.92 Å². The van der Waals surface area contributed by atoms with Gasteiger partial charge < -0.3 is 20.5 Å². The number of hydrogen-bond donors (Lipinski definition) is 2. The molecule has 0 unspecified atom stereocenters. The molecule has 0 atom stereocenters. The molecule has 2 aromatic rings. The van der Waals surface area contributed by atoms with Crippen LogP contribution in [-0.4, -0.2) is 24.5 Å². The molecular weight excluding hydrogens is 270 g/mol. The number of hydrogen-bond acceptors (Lipinski definition) is 5. The van der Waals surface area contributed by atoms with Crippen molar-refractivity contribution in [3.8, 4) is 17.4 Å². The number of benzene rings is 1. The molecule has 1 aromatic heterocycles. The Bertz CT molecular complexity index is 627. The molecule has 0 saturated carbocycles. The monoisotopic (exact) mass is 287 g/mol. The Labute approximate surface area is 122 Å². The van der Waals surface area contributed by atoms with Crippen molar-refractivity contribution >= 4 is 11.6 Å². The van der Waals surface area contributed by atoms with E-state index < -0.39 is 0 Å². The van der Waals surface area contributed by atoms with E-state index in [-0.39, 0.29) is 12.5 Å². The van der Waals surface area contributed by atoms with Gasteiger partial charge in [-0.05, 0) is 25.1 Å². The number of amides is 1. The van der Waals surface area contributed by atoms with Crippen molar-refractivity contribution in [2.24, 2.45) is 5.73 Å². The molecule has 110 valence electrons. The fourth-order valence-corrected chi connectivity index (χ4v) is 1.77. The lowest BCUT2D eigenvalue weighted by Crippen LogP contribution is -2.21. The first-order valence-corrected chi connectivity index (χ1v) is 6.41. The van der Waals surface area contributed by atoms with Crippen LogP contribution in [0.15, 0.2) is 36.5 Å². The van der Waals surface area contributed by atoms with E-state index in [9.17, 15) is 4.79 Å². The SMILES string of the molecule is COc1cccc(Oc2ccc(NC(=O)CN)cn2)c1C. The summed E-state index contributed by atoms with van der Waals surface area (Å²) in [6, 6.07) is 8.91. The van der Waals surface area contributed by atoms with Crippen LogP contribution in [0.4, 0.5) is 5.69 Å². The number of rotatable bonds is 5. The maximum absolute atomic E-state index is 11.2. The van der Waals surface area contributed by atoms with Gasteiger partial charge in [-0.1, -0.05) is 6.07 Å². The number of aromatic nitrogens is 1. The van der Waals surface area contributed by atoms with E-state index in [0.717, 1.165) is 11.3 Å². The lowest BCUT2D eigenvalue weighted by molar-refractivity contribution is -0.114. The number of ether oxygens (including phenoxy) is 2. The van der Waals surface area contributed by atoms with Gasteiger partial charge in [-0.25, -0.2) is 4.98 Å². The Hall–Kier alpha value is -2.60. The van der Waals surface area contributed by atoms with Crippen LogP contribution >= 0.6 is 0 Å². The highest BCUT2D eigenvalue weighted by molar-refractivity contribution is 5.91. The van der Waals surface area contributed by atoms with Crippen molar-refractivity contribution in [3.05, 3.63) is 42.1 Å². The van der Waals surface area contributed by atoms with Crippen molar-refractivity contribution in [1.29, 1.82) is 0 Å². The third-order valence-electron chi connectivity index (χ3n) is 2.87. The van der Waals surface area contributed by atoms with Crippen molar-refractivity contribution < 1.29 is 14.3 Å². The van der Waals surface area contributed by atoms with Crippen LogP contribution in [-0.2, 0) is 4.79 Å². The summed E-state index contributed by atoms with van der Waals surface area (Å²) in [5, 5.41) is 2.61. The molecule has 0 saturated heterocycles. The van der Waals surface area contributed by atoms with Gasteiger partial charge >= 0.3 is 0 Å². The Balaban J connectivity index is 2.12. The maximum Gasteiger partial charge on any atom is 0.238 e. The van der Waals surface area contributed by atoms with Crippen LogP contribution in [0.1, 0.15) is 5.56 Å². The van der Waals surface area contributed by atoms with E-state index in [2.05, 4.69) is 10.3 Å². The molecule has 0 fully saturated rings. The molecule has 0 spiro atoms. The first kappa shape index (κ1) is 14.8. The minimum absolute atomic E-state index is 0.0682. The Kier molecular flexibility index (Phi) is 4.73. The fourth-order valence-electron chi connectivity index (χ4n) is 1.77. The van der Waals surface area contributed by atoms with Gasteiger partial charge in [-0.15, -0.1) is 0 Å². The Morgan fingerprint density at radius 2 is 2.05 bits per heavy atom. The summed E-state index contributed by atoms with van der Waals surface area (Å²) >= 11 is 0. The molecule has 3 N–H and O–H groups in total. The Morgan fingerprint density at radius 3 is 2.67 bits per heavy atom. The van der Waals surface area contributed by atoms with E-state index in [1.165, 1.54) is 6.20 Å². The molecule has 21 heavy (non-hydrogen) atoms. The van der Waals surface area contributed by atoms with Gasteiger partial charge in [0, 0.05) is 11.6 Å². The summed E-state index contributed by atoms with van der Waals surface area (Å²) in [7, 11) is 1.61. The summed E-state index contributed by atoms with van der Waals surface area (Å²) in [6.45, 7) is 1.84. The standard InChI is InChI=1S/C15H17N3O3/c1-10-12(20-2)4-3-5-13(10)21-15-7-6-11(9-17-15)18-14(19)8-16/h3-7,9H,8,16H2,1-2H3,(H,18,19). The highest BCUT2D eigenvalue weighted by Gasteiger charge is 2.07. The molecular formula is C15H17N3O3. The molecule has 0 aliphatic carbocycles. The van der Waals surface area contributed by atoms with E-state index in [4.69, 9.17) is 15.2 Å². The molecule has 2 rings (SSSR count). The van der Waals surface area contributed by atoms with E-state index in [0.29, 0.717) is 17.3 Å². The van der Waals surface area contributed by atoms with Gasteiger partial charge in [0.25, 0.3) is 0 Å². The number of nitrogens with zero attached hydrogens (tertiary/aromatic N) is 1. The Morgan fingerprint density at radius 1 is 1.29 bits per heavy atom. The van der Waals surface area contributed by atoms with Crippen LogP contribution in [0.2, 0.25) is 0 Å².